The van der Waals surface area contributed by atoms with Crippen LogP contribution in [0.3, 0.4) is 0 Å². The average molecular weight is 461 g/mol. The lowest BCUT2D eigenvalue weighted by Crippen LogP contribution is -2.81. The Kier molecular flexibility index (Phi) is 4.98. The van der Waals surface area contributed by atoms with Crippen molar-refractivity contribution in [3.05, 3.63) is 77.7 Å². The Balaban J connectivity index is 1.25. The van der Waals surface area contributed by atoms with Gasteiger partial charge in [-0.15, -0.1) is 0 Å². The molecule has 3 fully saturated rings. The zero-order valence-corrected chi connectivity index (χ0v) is 18.6. The van der Waals surface area contributed by atoms with Crippen LogP contribution in [0.15, 0.2) is 60.8 Å². The van der Waals surface area contributed by atoms with Crippen LogP contribution in [0, 0.1) is 5.82 Å². The van der Waals surface area contributed by atoms with E-state index in [0.717, 1.165) is 16.5 Å². The third-order valence-corrected chi connectivity index (χ3v) is 7.33. The van der Waals surface area contributed by atoms with E-state index in [0.29, 0.717) is 31.7 Å². The number of β-amino-alcohol motifs (C(OH)–C–C–N with tert-alkyl or cyclic N) is 1. The number of carbonyl (C=O) groups excluding carboxylic acids is 2. The van der Waals surface area contributed by atoms with Crippen molar-refractivity contribution in [1.29, 1.82) is 0 Å². The van der Waals surface area contributed by atoms with Gasteiger partial charge in [-0.05, 0) is 30.2 Å². The fourth-order valence-electron chi connectivity index (χ4n) is 5.71. The number of piperazine rings is 1. The van der Waals surface area contributed by atoms with E-state index in [4.69, 9.17) is 0 Å². The van der Waals surface area contributed by atoms with E-state index >= 15 is 0 Å². The first kappa shape index (κ1) is 21.3. The molecule has 3 aromatic rings. The maximum absolute atomic E-state index is 14.3. The van der Waals surface area contributed by atoms with E-state index in [9.17, 15) is 19.1 Å². The van der Waals surface area contributed by atoms with Crippen LogP contribution in [0.4, 0.5) is 4.39 Å². The summed E-state index contributed by atoms with van der Waals surface area (Å²) in [6.45, 7) is 1.73. The molecule has 2 atom stereocenters. The van der Waals surface area contributed by atoms with Crippen LogP contribution < -0.4 is 0 Å². The maximum Gasteiger partial charge on any atom is 0.252 e. The number of aliphatic hydroxyl groups excluding tert-OH is 1. The van der Waals surface area contributed by atoms with Crippen molar-refractivity contribution in [3.8, 4) is 0 Å². The molecule has 0 saturated carbocycles. The summed E-state index contributed by atoms with van der Waals surface area (Å²) in [6, 6.07) is 15.7. The Labute approximate surface area is 196 Å². The van der Waals surface area contributed by atoms with E-state index in [-0.39, 0.29) is 24.8 Å². The highest BCUT2D eigenvalue weighted by molar-refractivity contribution is 6.06. The highest BCUT2D eigenvalue weighted by atomic mass is 19.1. The summed E-state index contributed by atoms with van der Waals surface area (Å²) in [4.78, 5) is 36.7. The lowest BCUT2D eigenvalue weighted by atomic mass is 9.82. The molecule has 0 aliphatic carbocycles. The molecular weight excluding hydrogens is 435 g/mol. The number of carbonyl (C=O) groups is 2. The molecule has 3 aliphatic rings. The van der Waals surface area contributed by atoms with Gasteiger partial charge in [0.15, 0.2) is 0 Å². The van der Waals surface area contributed by atoms with E-state index in [2.05, 4.69) is 16.0 Å². The summed E-state index contributed by atoms with van der Waals surface area (Å²) < 4.78 is 14.3. The van der Waals surface area contributed by atoms with E-state index < -0.39 is 23.5 Å². The van der Waals surface area contributed by atoms with Crippen LogP contribution in [-0.2, 0) is 22.7 Å². The minimum absolute atomic E-state index is 0.0961. The molecule has 174 valence electrons. The number of pyridine rings is 1. The fraction of sp³-hybridized carbons (Fsp3) is 0.346. The van der Waals surface area contributed by atoms with Gasteiger partial charge in [0.2, 0.25) is 5.91 Å². The normalized spacial score (nSPS) is 24.6. The molecule has 8 heteroatoms. The maximum atomic E-state index is 14.3. The number of rotatable bonds is 4. The molecule has 34 heavy (non-hydrogen) atoms. The molecule has 1 aromatic heterocycles. The Morgan fingerprint density at radius 2 is 1.82 bits per heavy atom. The summed E-state index contributed by atoms with van der Waals surface area (Å²) >= 11 is 0. The second-order valence-corrected chi connectivity index (χ2v) is 9.59. The van der Waals surface area contributed by atoms with Gasteiger partial charge in [0, 0.05) is 43.3 Å². The van der Waals surface area contributed by atoms with E-state index in [1.54, 1.807) is 18.2 Å². The number of para-hydroxylation sites is 1. The lowest BCUT2D eigenvalue weighted by Gasteiger charge is -2.58. The Hall–Kier alpha value is -3.20. The van der Waals surface area contributed by atoms with Gasteiger partial charge in [-0.25, -0.2) is 4.39 Å². The minimum Gasteiger partial charge on any atom is -0.392 e. The zero-order valence-electron chi connectivity index (χ0n) is 18.6. The van der Waals surface area contributed by atoms with Crippen molar-refractivity contribution in [2.45, 2.75) is 37.2 Å². The molecule has 3 aliphatic heterocycles. The van der Waals surface area contributed by atoms with Crippen molar-refractivity contribution in [2.75, 3.05) is 19.6 Å². The highest BCUT2D eigenvalue weighted by Crippen LogP contribution is 2.41. The SMILES string of the molecule is O=C1[C@@H]2C[C@@H](O)CN2C2(CN(Cc3cnc4ccccc4c3)C2)C(=O)N1Cc1ccccc1F. The van der Waals surface area contributed by atoms with Gasteiger partial charge in [0.1, 0.15) is 11.4 Å². The second kappa shape index (κ2) is 7.94. The number of halogens is 1. The summed E-state index contributed by atoms with van der Waals surface area (Å²) in [5, 5.41) is 11.4. The first-order valence-electron chi connectivity index (χ1n) is 11.5. The van der Waals surface area contributed by atoms with Gasteiger partial charge in [-0.3, -0.25) is 29.3 Å². The number of benzene rings is 2. The smallest absolute Gasteiger partial charge is 0.252 e. The first-order valence-corrected chi connectivity index (χ1v) is 11.5. The van der Waals surface area contributed by atoms with Crippen LogP contribution in [-0.4, -0.2) is 73.9 Å². The molecule has 2 amide bonds. The monoisotopic (exact) mass is 460 g/mol. The molecule has 0 bridgehead atoms. The molecule has 3 saturated heterocycles. The standard InChI is InChI=1S/C26H25FN4O3/c27-21-7-3-1-6-19(21)13-30-24(33)23-10-20(32)14-31(23)26(25(30)34)15-29(16-26)12-17-9-18-5-2-4-8-22(18)28-11-17/h1-9,11,20,23,32H,10,12-16H2/t20-,23+/m1/s1. The summed E-state index contributed by atoms with van der Waals surface area (Å²) in [5.74, 6) is -1.10. The molecule has 6 rings (SSSR count). The van der Waals surface area contributed by atoms with Gasteiger partial charge in [-0.1, -0.05) is 36.4 Å². The number of amides is 2. The third kappa shape index (κ3) is 3.33. The first-order chi connectivity index (χ1) is 16.4. The molecule has 1 spiro atoms. The van der Waals surface area contributed by atoms with E-state index in [1.165, 1.54) is 11.0 Å². The second-order valence-electron chi connectivity index (χ2n) is 9.59. The number of fused-ring (bicyclic) bond motifs is 3. The van der Waals surface area contributed by atoms with Crippen LogP contribution >= 0.6 is 0 Å². The lowest BCUT2D eigenvalue weighted by molar-refractivity contribution is -0.181. The van der Waals surface area contributed by atoms with Crippen molar-refractivity contribution in [1.82, 2.24) is 19.7 Å². The van der Waals surface area contributed by atoms with E-state index in [1.807, 2.05) is 35.4 Å². The quantitative estimate of drug-likeness (QED) is 0.600. The van der Waals surface area contributed by atoms with Crippen LogP contribution in [0.2, 0.25) is 0 Å². The minimum atomic E-state index is -0.883. The Morgan fingerprint density at radius 1 is 1.06 bits per heavy atom. The molecule has 0 radical (unpaired) electrons. The van der Waals surface area contributed by atoms with Crippen molar-refractivity contribution in [3.63, 3.8) is 0 Å². The van der Waals surface area contributed by atoms with Crippen molar-refractivity contribution < 1.29 is 19.1 Å². The van der Waals surface area contributed by atoms with Gasteiger partial charge >= 0.3 is 0 Å². The van der Waals surface area contributed by atoms with Crippen molar-refractivity contribution >= 4 is 22.7 Å². The third-order valence-electron chi connectivity index (χ3n) is 7.33. The predicted molar refractivity (Wildman–Crippen MR) is 123 cm³/mol. The Bertz CT molecular complexity index is 1290. The van der Waals surface area contributed by atoms with Crippen LogP contribution in [0.5, 0.6) is 0 Å². The summed E-state index contributed by atoms with van der Waals surface area (Å²) in [7, 11) is 0. The van der Waals surface area contributed by atoms with Gasteiger partial charge in [-0.2, -0.15) is 0 Å². The zero-order chi connectivity index (χ0) is 23.4. The molecular formula is C26H25FN4O3. The number of hydrogen-bond acceptors (Lipinski definition) is 6. The molecule has 0 unspecified atom stereocenters. The van der Waals surface area contributed by atoms with Gasteiger partial charge < -0.3 is 5.11 Å². The summed E-state index contributed by atoms with van der Waals surface area (Å²) in [5.41, 5.74) is 1.41. The Morgan fingerprint density at radius 3 is 2.65 bits per heavy atom. The molecule has 4 heterocycles. The largest absolute Gasteiger partial charge is 0.392 e. The number of aliphatic hydroxyl groups is 1. The molecule has 2 aromatic carbocycles. The topological polar surface area (TPSA) is 77.0 Å². The van der Waals surface area contributed by atoms with Gasteiger partial charge in [0.05, 0.1) is 24.2 Å². The molecule has 1 N–H and O–H groups in total. The number of aromatic nitrogens is 1. The average Bonchev–Trinajstić information content (AvgIpc) is 3.21. The molecule has 7 nitrogen and oxygen atoms in total. The van der Waals surface area contributed by atoms with Crippen LogP contribution in [0.25, 0.3) is 10.9 Å². The summed E-state index contributed by atoms with van der Waals surface area (Å²) in [6.07, 6.45) is 1.48. The number of likely N-dealkylation sites (tertiary alicyclic amines) is 1. The van der Waals surface area contributed by atoms with Crippen LogP contribution in [0.1, 0.15) is 17.5 Å². The fourth-order valence-corrected chi connectivity index (χ4v) is 5.71. The number of nitrogens with zero attached hydrogens (tertiary/aromatic N) is 4. The van der Waals surface area contributed by atoms with Crippen molar-refractivity contribution in [2.24, 2.45) is 0 Å². The number of hydrogen-bond donors (Lipinski definition) is 1. The van der Waals surface area contributed by atoms with Gasteiger partial charge in [0.25, 0.3) is 5.91 Å². The predicted octanol–water partition coefficient (Wildman–Crippen LogP) is 1.93. The number of imide groups is 1. The highest BCUT2D eigenvalue weighted by Gasteiger charge is 2.64.